The third-order valence-electron chi connectivity index (χ3n) is 2.51. The number of hydrogen-bond acceptors (Lipinski definition) is 2. The summed E-state index contributed by atoms with van der Waals surface area (Å²) in [7, 11) is 0. The molecular formula is C12H15N3S. The van der Waals surface area contributed by atoms with Crippen LogP contribution in [0.4, 0.5) is 0 Å². The van der Waals surface area contributed by atoms with E-state index < -0.39 is 0 Å². The summed E-state index contributed by atoms with van der Waals surface area (Å²) < 4.78 is 2.20. The van der Waals surface area contributed by atoms with Gasteiger partial charge in [0.05, 0.1) is 22.4 Å². The third kappa shape index (κ3) is 2.07. The molecule has 4 heteroatoms. The Balaban J connectivity index is 2.53. The van der Waals surface area contributed by atoms with E-state index in [1.54, 1.807) is 0 Å². The first-order chi connectivity index (χ1) is 7.72. The molecule has 1 aromatic carbocycles. The van der Waals surface area contributed by atoms with E-state index in [9.17, 15) is 0 Å². The lowest BCUT2D eigenvalue weighted by Gasteiger charge is -2.06. The van der Waals surface area contributed by atoms with E-state index >= 15 is 0 Å². The van der Waals surface area contributed by atoms with Crippen molar-refractivity contribution >= 4 is 28.2 Å². The monoisotopic (exact) mass is 233 g/mol. The number of fused-ring (bicyclic) bond motifs is 1. The fourth-order valence-electron chi connectivity index (χ4n) is 1.89. The van der Waals surface area contributed by atoms with Crippen LogP contribution in [0.15, 0.2) is 24.3 Å². The molecule has 1 heterocycles. The molecule has 0 unspecified atom stereocenters. The van der Waals surface area contributed by atoms with Gasteiger partial charge in [0.25, 0.3) is 0 Å². The van der Waals surface area contributed by atoms with Crippen LogP contribution in [0.25, 0.3) is 11.0 Å². The van der Waals surface area contributed by atoms with Crippen molar-refractivity contribution in [3.05, 3.63) is 30.1 Å². The van der Waals surface area contributed by atoms with E-state index in [-0.39, 0.29) is 0 Å². The molecule has 0 aliphatic heterocycles. The normalized spacial score (nSPS) is 10.8. The first kappa shape index (κ1) is 11.1. The first-order valence-corrected chi connectivity index (χ1v) is 5.85. The van der Waals surface area contributed by atoms with Gasteiger partial charge in [0.15, 0.2) is 0 Å². The van der Waals surface area contributed by atoms with Gasteiger partial charge in [0.1, 0.15) is 5.82 Å². The lowest BCUT2D eigenvalue weighted by molar-refractivity contribution is 0.670. The molecule has 0 radical (unpaired) electrons. The highest BCUT2D eigenvalue weighted by atomic mass is 32.1. The molecule has 0 saturated heterocycles. The largest absolute Gasteiger partial charge is 0.393 e. The van der Waals surface area contributed by atoms with E-state index in [1.165, 1.54) is 0 Å². The Kier molecular flexibility index (Phi) is 3.19. The molecule has 0 aliphatic rings. The third-order valence-corrected chi connectivity index (χ3v) is 2.66. The second kappa shape index (κ2) is 4.61. The Morgan fingerprint density at radius 3 is 2.88 bits per heavy atom. The van der Waals surface area contributed by atoms with Gasteiger partial charge in [-0.3, -0.25) is 0 Å². The van der Waals surface area contributed by atoms with Crippen molar-refractivity contribution in [2.75, 3.05) is 0 Å². The number of hydrogen-bond donors (Lipinski definition) is 1. The molecule has 2 rings (SSSR count). The number of benzene rings is 1. The highest BCUT2D eigenvalue weighted by Crippen LogP contribution is 2.16. The van der Waals surface area contributed by atoms with Crippen LogP contribution in [-0.2, 0) is 13.0 Å². The van der Waals surface area contributed by atoms with Gasteiger partial charge in [0.2, 0.25) is 0 Å². The quantitative estimate of drug-likeness (QED) is 0.824. The zero-order chi connectivity index (χ0) is 11.5. The molecule has 0 aliphatic carbocycles. The van der Waals surface area contributed by atoms with E-state index in [4.69, 9.17) is 18.0 Å². The topological polar surface area (TPSA) is 43.8 Å². The van der Waals surface area contributed by atoms with Crippen LogP contribution in [0.5, 0.6) is 0 Å². The number of imidazole rings is 1. The molecule has 0 amide bonds. The lowest BCUT2D eigenvalue weighted by Crippen LogP contribution is -2.15. The summed E-state index contributed by atoms with van der Waals surface area (Å²) in [5.74, 6) is 0.968. The minimum absolute atomic E-state index is 0.493. The molecule has 2 aromatic rings. The van der Waals surface area contributed by atoms with Gasteiger partial charge < -0.3 is 10.3 Å². The zero-order valence-corrected chi connectivity index (χ0v) is 10.1. The highest BCUT2D eigenvalue weighted by Gasteiger charge is 2.09. The molecule has 84 valence electrons. The van der Waals surface area contributed by atoms with Gasteiger partial charge in [0, 0.05) is 6.54 Å². The fourth-order valence-corrected chi connectivity index (χ4v) is 2.02. The van der Waals surface area contributed by atoms with Crippen molar-refractivity contribution < 1.29 is 0 Å². The summed E-state index contributed by atoms with van der Waals surface area (Å²) in [4.78, 5) is 5.06. The van der Waals surface area contributed by atoms with Crippen LogP contribution in [0.2, 0.25) is 0 Å². The maximum atomic E-state index is 5.59. The van der Waals surface area contributed by atoms with Crippen LogP contribution in [-0.4, -0.2) is 14.5 Å². The molecule has 3 nitrogen and oxygen atoms in total. The minimum Gasteiger partial charge on any atom is -0.393 e. The minimum atomic E-state index is 0.493. The second-order valence-electron chi connectivity index (χ2n) is 3.81. The molecule has 0 spiro atoms. The summed E-state index contributed by atoms with van der Waals surface area (Å²) in [6.45, 7) is 3.11. The summed E-state index contributed by atoms with van der Waals surface area (Å²) >= 11 is 4.95. The number of para-hydroxylation sites is 2. The molecule has 0 saturated carbocycles. The average Bonchev–Trinajstić information content (AvgIpc) is 2.57. The maximum Gasteiger partial charge on any atom is 0.116 e. The molecule has 1 aromatic heterocycles. The molecule has 2 N–H and O–H groups in total. The van der Waals surface area contributed by atoms with E-state index in [0.29, 0.717) is 11.4 Å². The van der Waals surface area contributed by atoms with Gasteiger partial charge >= 0.3 is 0 Å². The van der Waals surface area contributed by atoms with Gasteiger partial charge in [-0.05, 0) is 18.6 Å². The molecule has 0 fully saturated rings. The fraction of sp³-hybridized carbons (Fsp3) is 0.333. The Labute approximate surface area is 100 Å². The van der Waals surface area contributed by atoms with Gasteiger partial charge in [-0.1, -0.05) is 31.3 Å². The summed E-state index contributed by atoms with van der Waals surface area (Å²) in [5.41, 5.74) is 7.77. The van der Waals surface area contributed by atoms with Crippen LogP contribution >= 0.6 is 12.2 Å². The predicted molar refractivity (Wildman–Crippen MR) is 70.5 cm³/mol. The highest BCUT2D eigenvalue weighted by molar-refractivity contribution is 7.80. The van der Waals surface area contributed by atoms with E-state index in [2.05, 4.69) is 22.5 Å². The van der Waals surface area contributed by atoms with E-state index in [0.717, 1.165) is 29.8 Å². The van der Waals surface area contributed by atoms with Crippen molar-refractivity contribution in [2.24, 2.45) is 5.73 Å². The Morgan fingerprint density at radius 2 is 2.19 bits per heavy atom. The number of thiocarbonyl (C=S) groups is 1. The van der Waals surface area contributed by atoms with Crippen molar-refractivity contribution in [2.45, 2.75) is 26.3 Å². The summed E-state index contributed by atoms with van der Waals surface area (Å²) in [6.07, 6.45) is 1.65. The average molecular weight is 233 g/mol. The molecule has 0 bridgehead atoms. The number of nitrogens with two attached hydrogens (primary N) is 1. The zero-order valence-electron chi connectivity index (χ0n) is 9.31. The van der Waals surface area contributed by atoms with Crippen LogP contribution in [0.3, 0.4) is 0 Å². The van der Waals surface area contributed by atoms with Gasteiger partial charge in [-0.2, -0.15) is 0 Å². The molecular weight excluding hydrogens is 218 g/mol. The number of aryl methyl sites for hydroxylation is 1. The van der Waals surface area contributed by atoms with Crippen molar-refractivity contribution in [1.29, 1.82) is 0 Å². The summed E-state index contributed by atoms with van der Waals surface area (Å²) in [6, 6.07) is 8.13. The van der Waals surface area contributed by atoms with Crippen molar-refractivity contribution in [3.8, 4) is 0 Å². The second-order valence-corrected chi connectivity index (χ2v) is 4.34. The SMILES string of the molecule is CCCn1c(CC(N)=S)nc2ccccc21. The number of nitrogens with zero attached hydrogens (tertiary/aromatic N) is 2. The number of aromatic nitrogens is 2. The Bertz CT molecular complexity index is 516. The first-order valence-electron chi connectivity index (χ1n) is 5.45. The van der Waals surface area contributed by atoms with Crippen molar-refractivity contribution in [3.63, 3.8) is 0 Å². The molecule has 0 atom stereocenters. The Hall–Kier alpha value is -1.42. The van der Waals surface area contributed by atoms with Crippen LogP contribution < -0.4 is 5.73 Å². The van der Waals surface area contributed by atoms with E-state index in [1.807, 2.05) is 18.2 Å². The van der Waals surface area contributed by atoms with Gasteiger partial charge in [-0.15, -0.1) is 0 Å². The predicted octanol–water partition coefficient (Wildman–Crippen LogP) is 2.27. The van der Waals surface area contributed by atoms with Crippen LogP contribution in [0.1, 0.15) is 19.2 Å². The summed E-state index contributed by atoms with van der Waals surface area (Å²) in [5, 5.41) is 0. The van der Waals surface area contributed by atoms with Crippen LogP contribution in [0, 0.1) is 0 Å². The number of rotatable bonds is 4. The lowest BCUT2D eigenvalue weighted by atomic mass is 10.3. The molecule has 16 heavy (non-hydrogen) atoms. The standard InChI is InChI=1S/C12H15N3S/c1-2-7-15-10-6-4-3-5-9(10)14-12(15)8-11(13)16/h3-6H,2,7-8H2,1H3,(H2,13,16). The maximum absolute atomic E-state index is 5.59. The van der Waals surface area contributed by atoms with Crippen molar-refractivity contribution in [1.82, 2.24) is 9.55 Å². The Morgan fingerprint density at radius 1 is 1.44 bits per heavy atom. The smallest absolute Gasteiger partial charge is 0.116 e. The van der Waals surface area contributed by atoms with Gasteiger partial charge in [-0.25, -0.2) is 4.98 Å².